The molecule has 1 aliphatic heterocycles. The molecule has 0 spiro atoms. The van der Waals surface area contributed by atoms with Gasteiger partial charge in [0.1, 0.15) is 5.78 Å². The molecule has 0 unspecified atom stereocenters. The van der Waals surface area contributed by atoms with Crippen LogP contribution in [0.25, 0.3) is 0 Å². The smallest absolute Gasteiger partial charge is 0.217 e. The van der Waals surface area contributed by atoms with Gasteiger partial charge in [0.25, 0.3) is 0 Å². The predicted molar refractivity (Wildman–Crippen MR) is 68.6 cm³/mol. The van der Waals surface area contributed by atoms with E-state index in [9.17, 15) is 13.2 Å². The molecule has 0 N–H and O–H groups in total. The van der Waals surface area contributed by atoms with Crippen molar-refractivity contribution < 1.29 is 13.2 Å². The van der Waals surface area contributed by atoms with Crippen LogP contribution in [0, 0.1) is 5.92 Å². The van der Waals surface area contributed by atoms with Crippen LogP contribution in [0.15, 0.2) is 0 Å². The van der Waals surface area contributed by atoms with E-state index < -0.39 is 10.0 Å². The lowest BCUT2D eigenvalue weighted by Gasteiger charge is -2.32. The molecule has 0 aromatic carbocycles. The Kier molecular flexibility index (Phi) is 3.22. The van der Waals surface area contributed by atoms with Gasteiger partial charge in [0.05, 0.1) is 5.25 Å². The van der Waals surface area contributed by atoms with Crippen molar-refractivity contribution in [2.75, 3.05) is 6.54 Å². The van der Waals surface area contributed by atoms with Gasteiger partial charge in [0.2, 0.25) is 10.0 Å². The molecule has 3 rings (SSSR count). The molecular formula is C13H21NO3S. The fourth-order valence-electron chi connectivity index (χ4n) is 3.46. The quantitative estimate of drug-likeness (QED) is 0.785. The molecule has 0 radical (unpaired) electrons. The van der Waals surface area contributed by atoms with Gasteiger partial charge in [0.15, 0.2) is 0 Å². The summed E-state index contributed by atoms with van der Waals surface area (Å²) in [6, 6.07) is -0.0246. The number of carbonyl (C=O) groups is 1. The lowest BCUT2D eigenvalue weighted by atomic mass is 9.82. The summed E-state index contributed by atoms with van der Waals surface area (Å²) in [5, 5.41) is -0.142. The molecule has 0 bridgehead atoms. The number of sulfonamides is 1. The average Bonchev–Trinajstić information content (AvgIpc) is 3.09. The van der Waals surface area contributed by atoms with Crippen LogP contribution < -0.4 is 0 Å². The highest BCUT2D eigenvalue weighted by atomic mass is 32.2. The number of ketones is 1. The van der Waals surface area contributed by atoms with Crippen LogP contribution >= 0.6 is 0 Å². The Morgan fingerprint density at radius 2 is 1.78 bits per heavy atom. The molecule has 3 aliphatic rings. The Balaban J connectivity index is 1.80. The highest BCUT2D eigenvalue weighted by molar-refractivity contribution is 7.90. The van der Waals surface area contributed by atoms with E-state index in [0.717, 1.165) is 44.9 Å². The highest BCUT2D eigenvalue weighted by Gasteiger charge is 2.47. The maximum Gasteiger partial charge on any atom is 0.217 e. The van der Waals surface area contributed by atoms with E-state index in [0.29, 0.717) is 18.7 Å². The third-order valence-corrected chi connectivity index (χ3v) is 7.01. The van der Waals surface area contributed by atoms with Crippen molar-refractivity contribution in [2.24, 2.45) is 5.92 Å². The van der Waals surface area contributed by atoms with Crippen molar-refractivity contribution in [3.63, 3.8) is 0 Å². The largest absolute Gasteiger partial charge is 0.299 e. The van der Waals surface area contributed by atoms with Gasteiger partial charge >= 0.3 is 0 Å². The van der Waals surface area contributed by atoms with Gasteiger partial charge in [-0.15, -0.1) is 0 Å². The van der Waals surface area contributed by atoms with Crippen LogP contribution in [-0.2, 0) is 14.8 Å². The molecule has 102 valence electrons. The van der Waals surface area contributed by atoms with E-state index in [1.165, 1.54) is 0 Å². The monoisotopic (exact) mass is 271 g/mol. The van der Waals surface area contributed by atoms with Crippen LogP contribution in [0.2, 0.25) is 0 Å². The zero-order valence-electron chi connectivity index (χ0n) is 10.7. The van der Waals surface area contributed by atoms with E-state index in [1.54, 1.807) is 4.31 Å². The Hall–Kier alpha value is -0.420. The minimum absolute atomic E-state index is 0.0187. The first kappa shape index (κ1) is 12.6. The third kappa shape index (κ3) is 2.11. The van der Waals surface area contributed by atoms with Gasteiger partial charge in [-0.2, -0.15) is 4.31 Å². The summed E-state index contributed by atoms with van der Waals surface area (Å²) in [5.41, 5.74) is 0. The summed E-state index contributed by atoms with van der Waals surface area (Å²) in [7, 11) is -3.11. The van der Waals surface area contributed by atoms with Gasteiger partial charge in [-0.1, -0.05) is 6.42 Å². The average molecular weight is 271 g/mol. The first-order valence-corrected chi connectivity index (χ1v) is 8.64. The van der Waals surface area contributed by atoms with Gasteiger partial charge in [-0.25, -0.2) is 8.42 Å². The standard InChI is InChI=1S/C13H21NO3S/c15-13-6-2-1-4-11(13)12-5-3-9-14(12)18(16,17)10-7-8-10/h10-12H,1-9H2/t11-,12+/m0/s1. The Bertz CT molecular complexity index is 441. The van der Waals surface area contributed by atoms with Gasteiger partial charge < -0.3 is 0 Å². The Labute approximate surface area is 109 Å². The third-order valence-electron chi connectivity index (χ3n) is 4.59. The topological polar surface area (TPSA) is 54.5 Å². The van der Waals surface area contributed by atoms with Crippen molar-refractivity contribution in [3.05, 3.63) is 0 Å². The lowest BCUT2D eigenvalue weighted by molar-refractivity contribution is -0.126. The predicted octanol–water partition coefficient (Wildman–Crippen LogP) is 1.70. The van der Waals surface area contributed by atoms with Crippen molar-refractivity contribution in [1.82, 2.24) is 4.31 Å². The number of carbonyl (C=O) groups excluding carboxylic acids is 1. The van der Waals surface area contributed by atoms with Crippen LogP contribution in [0.3, 0.4) is 0 Å². The first-order valence-electron chi connectivity index (χ1n) is 7.14. The zero-order chi connectivity index (χ0) is 12.8. The highest BCUT2D eigenvalue weighted by Crippen LogP contribution is 2.39. The van der Waals surface area contributed by atoms with Crippen molar-refractivity contribution >= 4 is 15.8 Å². The van der Waals surface area contributed by atoms with E-state index in [1.807, 2.05) is 0 Å². The summed E-state index contributed by atoms with van der Waals surface area (Å²) < 4.78 is 26.4. The van der Waals surface area contributed by atoms with E-state index in [2.05, 4.69) is 0 Å². The summed E-state index contributed by atoms with van der Waals surface area (Å²) in [4.78, 5) is 12.0. The molecule has 1 saturated heterocycles. The fourth-order valence-corrected chi connectivity index (χ4v) is 5.59. The molecule has 0 aromatic heterocycles. The molecule has 5 heteroatoms. The van der Waals surface area contributed by atoms with E-state index >= 15 is 0 Å². The number of Topliss-reactive ketones (excluding diaryl/α,β-unsaturated/α-hetero) is 1. The Morgan fingerprint density at radius 1 is 1.00 bits per heavy atom. The summed E-state index contributed by atoms with van der Waals surface area (Å²) in [5.74, 6) is 0.277. The summed E-state index contributed by atoms with van der Waals surface area (Å²) >= 11 is 0. The van der Waals surface area contributed by atoms with Gasteiger partial charge in [-0.05, 0) is 38.5 Å². The maximum atomic E-state index is 12.4. The molecule has 2 atom stereocenters. The number of nitrogens with zero attached hydrogens (tertiary/aromatic N) is 1. The lowest BCUT2D eigenvalue weighted by Crippen LogP contribution is -2.44. The molecule has 0 amide bonds. The second-order valence-electron chi connectivity index (χ2n) is 5.88. The normalized spacial score (nSPS) is 35.0. The molecule has 2 aliphatic carbocycles. The second kappa shape index (κ2) is 4.60. The number of rotatable bonds is 3. The number of hydrogen-bond acceptors (Lipinski definition) is 3. The molecular weight excluding hydrogens is 250 g/mol. The minimum atomic E-state index is -3.11. The van der Waals surface area contributed by atoms with Gasteiger partial charge in [0, 0.05) is 24.9 Å². The van der Waals surface area contributed by atoms with Crippen LogP contribution in [0.1, 0.15) is 51.4 Å². The maximum absolute atomic E-state index is 12.4. The molecule has 0 aromatic rings. The second-order valence-corrected chi connectivity index (χ2v) is 8.05. The molecule has 4 nitrogen and oxygen atoms in total. The van der Waals surface area contributed by atoms with Crippen LogP contribution in [0.4, 0.5) is 0 Å². The molecule has 2 saturated carbocycles. The zero-order valence-corrected chi connectivity index (χ0v) is 11.5. The molecule has 18 heavy (non-hydrogen) atoms. The Morgan fingerprint density at radius 3 is 2.44 bits per heavy atom. The SMILES string of the molecule is O=C1CCCC[C@H]1[C@H]1CCCN1S(=O)(=O)C1CC1. The van der Waals surface area contributed by atoms with Crippen LogP contribution in [0.5, 0.6) is 0 Å². The van der Waals surface area contributed by atoms with Crippen molar-refractivity contribution in [2.45, 2.75) is 62.7 Å². The minimum Gasteiger partial charge on any atom is -0.299 e. The summed E-state index contributed by atoms with van der Waals surface area (Å²) in [6.45, 7) is 0.632. The van der Waals surface area contributed by atoms with E-state index in [-0.39, 0.29) is 17.2 Å². The fraction of sp³-hybridized carbons (Fsp3) is 0.923. The molecule has 3 fully saturated rings. The molecule has 1 heterocycles. The van der Waals surface area contributed by atoms with Crippen LogP contribution in [-0.4, -0.2) is 36.3 Å². The first-order chi connectivity index (χ1) is 8.60. The van der Waals surface area contributed by atoms with E-state index in [4.69, 9.17) is 0 Å². The number of hydrogen-bond donors (Lipinski definition) is 0. The van der Waals surface area contributed by atoms with Crippen molar-refractivity contribution in [1.29, 1.82) is 0 Å². The van der Waals surface area contributed by atoms with Crippen molar-refractivity contribution in [3.8, 4) is 0 Å². The van der Waals surface area contributed by atoms with Gasteiger partial charge in [-0.3, -0.25) is 4.79 Å². The summed E-state index contributed by atoms with van der Waals surface area (Å²) in [6.07, 6.45) is 7.01.